The molecule has 2 aliphatic rings. The van der Waals surface area contributed by atoms with Gasteiger partial charge >= 0.3 is 23.9 Å². The number of thiol groups is 1. The lowest BCUT2D eigenvalue weighted by molar-refractivity contribution is -0.148. The number of unbranched alkanes of at least 4 members (excludes halogenated alkanes) is 4. The predicted octanol–water partition coefficient (Wildman–Crippen LogP) is -14.2. The van der Waals surface area contributed by atoms with Crippen molar-refractivity contribution >= 4 is 143 Å². The smallest absolute Gasteiger partial charge is 0.327 e. The Morgan fingerprint density at radius 2 is 0.632 bits per heavy atom. The number of aliphatic carboxylic acids is 4. The molecule has 0 unspecified atom stereocenters. The fourth-order valence-electron chi connectivity index (χ4n) is 13.5. The number of hydrogen-bond donors (Lipinski definition) is 31. The minimum Gasteiger partial charge on any atom is -0.481 e. The Kier molecular flexibility index (Phi) is 53.3. The van der Waals surface area contributed by atoms with E-state index in [9.17, 15) is 151 Å². The molecular formula is C78H133N23O31S. The van der Waals surface area contributed by atoms with Crippen LogP contribution in [0.3, 0.4) is 0 Å². The van der Waals surface area contributed by atoms with Gasteiger partial charge in [0.05, 0.1) is 57.3 Å². The van der Waals surface area contributed by atoms with Gasteiger partial charge in [-0.25, -0.2) is 4.79 Å². The van der Waals surface area contributed by atoms with Gasteiger partial charge in [0.1, 0.15) is 109 Å². The van der Waals surface area contributed by atoms with Gasteiger partial charge in [-0.2, -0.15) is 12.6 Å². The van der Waals surface area contributed by atoms with Crippen LogP contribution < -0.4 is 114 Å². The molecule has 35 N–H and O–H groups in total. The Morgan fingerprint density at radius 1 is 0.338 bits per heavy atom. The number of carboxylic acid groups (broad SMARTS) is 4. The molecule has 2 aliphatic heterocycles. The van der Waals surface area contributed by atoms with Gasteiger partial charge in [0.15, 0.2) is 0 Å². The summed E-state index contributed by atoms with van der Waals surface area (Å²) in [6.07, 6.45) is -7.80. The van der Waals surface area contributed by atoms with Crippen molar-refractivity contribution in [1.29, 1.82) is 0 Å². The number of carbonyl (C=O) groups is 22. The molecule has 0 radical (unpaired) electrons. The first-order chi connectivity index (χ1) is 62.6. The second-order valence-electron chi connectivity index (χ2n) is 32.0. The van der Waals surface area contributed by atoms with Crippen molar-refractivity contribution in [3.8, 4) is 0 Å². The average Bonchev–Trinajstić information content (AvgIpc) is 1.69. The molecular weight excluding hydrogens is 1790 g/mol. The number of likely N-dealkylation sites (tertiary alicyclic amines) is 2. The zero-order chi connectivity index (χ0) is 101. The van der Waals surface area contributed by atoms with Crippen molar-refractivity contribution in [2.24, 2.45) is 28.7 Å². The molecule has 21 atom stereocenters. The van der Waals surface area contributed by atoms with Gasteiger partial charge in [0.25, 0.3) is 0 Å². The van der Waals surface area contributed by atoms with Crippen LogP contribution in [0, 0.1) is 0 Å². The highest BCUT2D eigenvalue weighted by atomic mass is 32.1. The van der Waals surface area contributed by atoms with E-state index in [2.05, 4.69) is 97.7 Å². The van der Waals surface area contributed by atoms with Gasteiger partial charge < -0.3 is 169 Å². The number of nitrogens with zero attached hydrogens (tertiary/aromatic N) is 2. The van der Waals surface area contributed by atoms with E-state index in [4.69, 9.17) is 28.7 Å². The van der Waals surface area contributed by atoms with E-state index in [0.29, 0.717) is 12.8 Å². The third-order valence-corrected chi connectivity index (χ3v) is 21.4. The van der Waals surface area contributed by atoms with Crippen LogP contribution in [-0.4, -0.2) is 378 Å². The van der Waals surface area contributed by atoms with Crippen molar-refractivity contribution in [1.82, 2.24) is 94.9 Å². The molecule has 0 saturated carbocycles. The first kappa shape index (κ1) is 117. The van der Waals surface area contributed by atoms with Crippen LogP contribution >= 0.6 is 12.6 Å². The topological polar surface area (TPSA) is 887 Å². The van der Waals surface area contributed by atoms with E-state index in [1.54, 1.807) is 0 Å². The lowest BCUT2D eigenvalue weighted by Gasteiger charge is -2.31. The van der Waals surface area contributed by atoms with Gasteiger partial charge in [-0.3, -0.25) is 101 Å². The zero-order valence-corrected chi connectivity index (χ0v) is 75.8. The quantitative estimate of drug-likeness (QED) is 0.0199. The molecule has 18 amide bonds. The highest BCUT2D eigenvalue weighted by Gasteiger charge is 2.45. The molecule has 0 aromatic rings. The Bertz CT molecular complexity index is 4000. The highest BCUT2D eigenvalue weighted by Crippen LogP contribution is 2.24. The van der Waals surface area contributed by atoms with Crippen molar-refractivity contribution in [2.45, 2.75) is 291 Å². The third kappa shape index (κ3) is 40.7. The van der Waals surface area contributed by atoms with Crippen LogP contribution in [0.5, 0.6) is 0 Å². The second kappa shape index (κ2) is 60.4. The Labute approximate surface area is 770 Å². The summed E-state index contributed by atoms with van der Waals surface area (Å²) < 4.78 is 0. The number of carbonyl (C=O) groups excluding carboxylic acids is 18. The zero-order valence-electron chi connectivity index (χ0n) is 74.9. The van der Waals surface area contributed by atoms with Crippen LogP contribution in [0.1, 0.15) is 164 Å². The van der Waals surface area contributed by atoms with E-state index in [0.717, 1.165) is 30.6 Å². The van der Waals surface area contributed by atoms with E-state index in [-0.39, 0.29) is 135 Å². The summed E-state index contributed by atoms with van der Waals surface area (Å²) in [7, 11) is 0. The molecule has 0 aromatic heterocycles. The summed E-state index contributed by atoms with van der Waals surface area (Å²) in [5.41, 5.74) is 28.5. The number of carboxylic acids is 4. The molecule has 0 bridgehead atoms. The molecule has 2 fully saturated rings. The van der Waals surface area contributed by atoms with Gasteiger partial charge in [-0.05, 0) is 170 Å². The summed E-state index contributed by atoms with van der Waals surface area (Å²) >= 11 is 3.85. The third-order valence-electron chi connectivity index (χ3n) is 21.1. The molecule has 2 saturated heterocycles. The molecule has 752 valence electrons. The van der Waals surface area contributed by atoms with Crippen molar-refractivity contribution < 1.29 is 151 Å². The Hall–Kier alpha value is -11.7. The second-order valence-corrected chi connectivity index (χ2v) is 32.4. The Balaban J connectivity index is 2.36. The predicted molar refractivity (Wildman–Crippen MR) is 466 cm³/mol. The number of aliphatic hydroxyl groups excluding tert-OH is 5. The first-order valence-electron chi connectivity index (χ1n) is 43.3. The molecule has 0 spiro atoms. The van der Waals surface area contributed by atoms with E-state index >= 15 is 0 Å². The molecule has 2 heterocycles. The molecule has 0 aromatic carbocycles. The number of nitrogens with two attached hydrogens (primary N) is 5. The van der Waals surface area contributed by atoms with Gasteiger partial charge in [0, 0.05) is 18.8 Å². The van der Waals surface area contributed by atoms with Crippen LogP contribution in [0.25, 0.3) is 0 Å². The van der Waals surface area contributed by atoms with Crippen LogP contribution in [0.15, 0.2) is 0 Å². The van der Waals surface area contributed by atoms with Crippen molar-refractivity contribution in [2.75, 3.05) is 64.8 Å². The van der Waals surface area contributed by atoms with Crippen LogP contribution in [0.2, 0.25) is 0 Å². The molecule has 54 nitrogen and oxygen atoms in total. The molecule has 2 rings (SSSR count). The fourth-order valence-corrected chi connectivity index (χ4v) is 13.7. The summed E-state index contributed by atoms with van der Waals surface area (Å²) in [4.78, 5) is 298. The number of nitrogens with one attached hydrogen (secondary N) is 16. The van der Waals surface area contributed by atoms with E-state index in [1.165, 1.54) is 20.8 Å². The maximum atomic E-state index is 14.6. The summed E-state index contributed by atoms with van der Waals surface area (Å²) in [6.45, 7) is 3.60. The molecule has 55 heteroatoms. The normalized spacial score (nSPS) is 17.8. The minimum absolute atomic E-state index is 0.0151. The highest BCUT2D eigenvalue weighted by molar-refractivity contribution is 7.80. The van der Waals surface area contributed by atoms with E-state index < -0.39 is 296 Å². The molecule has 133 heavy (non-hydrogen) atoms. The molecule has 0 aliphatic carbocycles. The first-order valence-corrected chi connectivity index (χ1v) is 44.0. The largest absolute Gasteiger partial charge is 0.481 e. The standard InChI is InChI=1S/C78H133N23O31S/c1-36(61(114)85-37(2)63(116)97-51(35-133)78(131)132)87-69(122)49(33-102)96-70(123)50(34-103)95-65(118)42(17-7-11-23-79)88-54(107)32-84-71(124)52-21-15-27-100(52)77(130)48(31-57(112)113)94-72(125)53-22-16-28-101(53)76(129)47(30-56(110)111)93-67(120)45(20-10-14-26-82)90-68(121)46(29-55(108)109)92-66(119)44(19-9-13-25-81)89-62(115)38(3)86-64(117)43(18-8-12-24-80)91-74(127)59(40(5)105)99-75(128)60(41(6)106)98-73(126)58(83)39(4)104/h36-53,58-60,102-106,133H,7-35,79-83H2,1-6H3,(H,84,124)(H,85,114)(H,86,117)(H,87,122)(H,88,107)(H,89,115)(H,90,121)(H,91,127)(H,92,119)(H,93,120)(H,94,125)(H,95,118)(H,96,123)(H,97,116)(H,98,126)(H,99,128)(H,108,109)(H,110,111)(H,112,113)(H,131,132)/t36-,37-,38-,39+,40+,41+,42-,43-,44-,45-,46-,47-,48-,49-,50-,51-,52-,53-,58-,59-,60-/m0/s1. The van der Waals surface area contributed by atoms with Crippen molar-refractivity contribution in [3.63, 3.8) is 0 Å². The van der Waals surface area contributed by atoms with Crippen LogP contribution in [0.4, 0.5) is 0 Å². The van der Waals surface area contributed by atoms with Gasteiger partial charge in [-0.15, -0.1) is 0 Å². The van der Waals surface area contributed by atoms with Gasteiger partial charge in [-0.1, -0.05) is 0 Å². The van der Waals surface area contributed by atoms with Crippen molar-refractivity contribution in [3.05, 3.63) is 0 Å². The lowest BCUT2D eigenvalue weighted by Crippen LogP contribution is -2.63. The number of rotatable bonds is 63. The Morgan fingerprint density at radius 3 is 1.01 bits per heavy atom. The van der Waals surface area contributed by atoms with E-state index in [1.807, 2.05) is 0 Å². The monoisotopic (exact) mass is 1920 g/mol. The summed E-state index contributed by atoms with van der Waals surface area (Å²) in [5.74, 6) is -27.0. The maximum absolute atomic E-state index is 14.6. The summed E-state index contributed by atoms with van der Waals surface area (Å²) in [6, 6.07) is -30.3. The SMILES string of the molecule is C[C@H](NC(=O)[C@H](C)NC(=O)[C@H](CO)NC(=O)[C@H](CO)NC(=O)[C@H](CCCCN)NC(=O)CNC(=O)[C@@H]1CCCN1C(=O)[C@H](CC(=O)O)NC(=O)[C@@H]1CCCN1C(=O)[C@H](CC(=O)O)NC(=O)[C@H](CCCCN)NC(=O)[C@H](CC(=O)O)NC(=O)[C@H](CCCCN)NC(=O)[C@H](C)NC(=O)[C@H](CCCCN)NC(=O)[C@@H](NC(=O)[C@@H](NC(=O)[C@@H](N)[C@@H](C)O)[C@@H](C)O)[C@@H](C)O)C(=O)N[C@@H](CS)C(=O)O. The van der Waals surface area contributed by atoms with Crippen LogP contribution in [-0.2, 0) is 105 Å². The minimum atomic E-state index is -2.08. The van der Waals surface area contributed by atoms with Gasteiger partial charge in [0.2, 0.25) is 106 Å². The number of aliphatic hydroxyl groups is 5. The lowest BCUT2D eigenvalue weighted by atomic mass is 10.0. The maximum Gasteiger partial charge on any atom is 0.327 e. The fraction of sp³-hybridized carbons (Fsp3) is 0.718. The number of amides is 18. The average molecular weight is 1920 g/mol. The summed E-state index contributed by atoms with van der Waals surface area (Å²) in [5, 5.41) is 127. The number of hydrogen-bond acceptors (Lipinski definition) is 33.